The zero-order valence-electron chi connectivity index (χ0n) is 10.2. The summed E-state index contributed by atoms with van der Waals surface area (Å²) in [4.78, 5) is 11.7. The molecular weight excluding hydrogens is 236 g/mol. The Kier molecular flexibility index (Phi) is 5.45. The molecule has 94 valence electrons. The summed E-state index contributed by atoms with van der Waals surface area (Å²) in [5.41, 5.74) is 6.76. The van der Waals surface area contributed by atoms with Crippen LogP contribution in [0.25, 0.3) is 0 Å². The van der Waals surface area contributed by atoms with Crippen LogP contribution >= 0.6 is 11.6 Å². The standard InChI is InChI=1S/C13H19ClN2O/c1-9(2)16-13(17)7-11(8-15)10-3-5-12(14)6-4-10/h3-6,9,11H,7-8,15H2,1-2H3,(H,16,17). The number of benzene rings is 1. The van der Waals surface area contributed by atoms with Gasteiger partial charge in [0.15, 0.2) is 0 Å². The van der Waals surface area contributed by atoms with Crippen LogP contribution in [-0.2, 0) is 4.79 Å². The molecule has 0 aliphatic heterocycles. The monoisotopic (exact) mass is 254 g/mol. The summed E-state index contributed by atoms with van der Waals surface area (Å²) >= 11 is 5.82. The molecule has 1 unspecified atom stereocenters. The minimum absolute atomic E-state index is 0.0328. The van der Waals surface area contributed by atoms with Gasteiger partial charge in [0.2, 0.25) is 5.91 Å². The summed E-state index contributed by atoms with van der Waals surface area (Å²) in [5, 5.41) is 3.56. The Morgan fingerprint density at radius 2 is 1.94 bits per heavy atom. The fraction of sp³-hybridized carbons (Fsp3) is 0.462. The first-order valence-corrected chi connectivity index (χ1v) is 6.15. The van der Waals surface area contributed by atoms with Gasteiger partial charge in [-0.2, -0.15) is 0 Å². The summed E-state index contributed by atoms with van der Waals surface area (Å²) in [6.45, 7) is 4.34. The molecule has 0 aliphatic rings. The Bertz CT molecular complexity index is 362. The van der Waals surface area contributed by atoms with Crippen LogP contribution in [0.15, 0.2) is 24.3 Å². The number of nitrogens with one attached hydrogen (secondary N) is 1. The quantitative estimate of drug-likeness (QED) is 0.847. The largest absolute Gasteiger partial charge is 0.354 e. The van der Waals surface area contributed by atoms with Crippen molar-refractivity contribution in [3.8, 4) is 0 Å². The topological polar surface area (TPSA) is 55.1 Å². The smallest absolute Gasteiger partial charge is 0.220 e. The van der Waals surface area contributed by atoms with E-state index < -0.39 is 0 Å². The van der Waals surface area contributed by atoms with Crippen LogP contribution < -0.4 is 11.1 Å². The van der Waals surface area contributed by atoms with Gasteiger partial charge >= 0.3 is 0 Å². The average molecular weight is 255 g/mol. The van der Waals surface area contributed by atoms with Gasteiger partial charge in [-0.15, -0.1) is 0 Å². The summed E-state index contributed by atoms with van der Waals surface area (Å²) < 4.78 is 0. The van der Waals surface area contributed by atoms with Crippen molar-refractivity contribution in [2.24, 2.45) is 5.73 Å². The minimum Gasteiger partial charge on any atom is -0.354 e. The van der Waals surface area contributed by atoms with Gasteiger partial charge in [-0.3, -0.25) is 4.79 Å². The second-order valence-electron chi connectivity index (χ2n) is 4.41. The third kappa shape index (κ3) is 4.75. The normalized spacial score (nSPS) is 12.5. The molecule has 0 aromatic heterocycles. The van der Waals surface area contributed by atoms with Gasteiger partial charge < -0.3 is 11.1 Å². The van der Waals surface area contributed by atoms with E-state index in [2.05, 4.69) is 5.32 Å². The molecule has 0 saturated carbocycles. The Balaban J connectivity index is 2.65. The van der Waals surface area contributed by atoms with Crippen LogP contribution in [0.5, 0.6) is 0 Å². The van der Waals surface area contributed by atoms with Gasteiger partial charge in [-0.1, -0.05) is 23.7 Å². The highest BCUT2D eigenvalue weighted by molar-refractivity contribution is 6.30. The van der Waals surface area contributed by atoms with Gasteiger partial charge in [-0.25, -0.2) is 0 Å². The molecular formula is C13H19ClN2O. The predicted octanol–water partition coefficient (Wildman–Crippen LogP) is 2.30. The van der Waals surface area contributed by atoms with Crippen LogP contribution in [0.3, 0.4) is 0 Å². The zero-order valence-corrected chi connectivity index (χ0v) is 11.0. The van der Waals surface area contributed by atoms with E-state index in [4.69, 9.17) is 17.3 Å². The van der Waals surface area contributed by atoms with Gasteiger partial charge in [0, 0.05) is 23.4 Å². The van der Waals surface area contributed by atoms with E-state index >= 15 is 0 Å². The molecule has 4 heteroatoms. The molecule has 0 radical (unpaired) electrons. The SMILES string of the molecule is CC(C)NC(=O)CC(CN)c1ccc(Cl)cc1. The lowest BCUT2D eigenvalue weighted by Gasteiger charge is -2.16. The lowest BCUT2D eigenvalue weighted by molar-refractivity contribution is -0.121. The van der Waals surface area contributed by atoms with Crippen molar-refractivity contribution in [3.05, 3.63) is 34.9 Å². The lowest BCUT2D eigenvalue weighted by Crippen LogP contribution is -2.32. The van der Waals surface area contributed by atoms with Crippen LogP contribution in [-0.4, -0.2) is 18.5 Å². The maximum Gasteiger partial charge on any atom is 0.220 e. The highest BCUT2D eigenvalue weighted by Crippen LogP contribution is 2.20. The molecule has 1 rings (SSSR count). The van der Waals surface area contributed by atoms with E-state index in [0.717, 1.165) is 5.56 Å². The number of amides is 1. The molecule has 1 amide bonds. The van der Waals surface area contributed by atoms with Crippen LogP contribution in [0.1, 0.15) is 31.7 Å². The van der Waals surface area contributed by atoms with Crippen LogP contribution in [0.2, 0.25) is 5.02 Å². The molecule has 0 spiro atoms. The van der Waals surface area contributed by atoms with E-state index in [1.807, 2.05) is 38.1 Å². The molecule has 0 saturated heterocycles. The second-order valence-corrected chi connectivity index (χ2v) is 4.85. The Morgan fingerprint density at radius 1 is 1.35 bits per heavy atom. The molecule has 1 aromatic rings. The fourth-order valence-corrected chi connectivity index (χ4v) is 1.80. The van der Waals surface area contributed by atoms with Crippen molar-refractivity contribution >= 4 is 17.5 Å². The number of hydrogen-bond donors (Lipinski definition) is 2. The summed E-state index contributed by atoms with van der Waals surface area (Å²) in [6.07, 6.45) is 0.413. The molecule has 17 heavy (non-hydrogen) atoms. The number of rotatable bonds is 5. The van der Waals surface area contributed by atoms with Crippen molar-refractivity contribution in [2.45, 2.75) is 32.2 Å². The summed E-state index contributed by atoms with van der Waals surface area (Å²) in [6, 6.07) is 7.64. The zero-order chi connectivity index (χ0) is 12.8. The highest BCUT2D eigenvalue weighted by Gasteiger charge is 2.14. The number of nitrogens with two attached hydrogens (primary N) is 1. The van der Waals surface area contributed by atoms with Gasteiger partial charge in [-0.05, 0) is 38.1 Å². The van der Waals surface area contributed by atoms with E-state index in [9.17, 15) is 4.79 Å². The van der Waals surface area contributed by atoms with E-state index in [1.165, 1.54) is 0 Å². The van der Waals surface area contributed by atoms with Crippen molar-refractivity contribution in [3.63, 3.8) is 0 Å². The van der Waals surface area contributed by atoms with Gasteiger partial charge in [0.25, 0.3) is 0 Å². The minimum atomic E-state index is 0.0328. The first-order valence-electron chi connectivity index (χ1n) is 5.77. The molecule has 0 fully saturated rings. The van der Waals surface area contributed by atoms with Crippen molar-refractivity contribution in [1.82, 2.24) is 5.32 Å². The molecule has 1 atom stereocenters. The first kappa shape index (κ1) is 14.0. The number of carbonyl (C=O) groups excluding carboxylic acids is 1. The van der Waals surface area contributed by atoms with E-state index in [-0.39, 0.29) is 17.9 Å². The third-order valence-electron chi connectivity index (χ3n) is 2.51. The number of carbonyl (C=O) groups is 1. The van der Waals surface area contributed by atoms with Crippen molar-refractivity contribution < 1.29 is 4.79 Å². The third-order valence-corrected chi connectivity index (χ3v) is 2.76. The van der Waals surface area contributed by atoms with Crippen molar-refractivity contribution in [2.75, 3.05) is 6.54 Å². The Hall–Kier alpha value is -1.06. The lowest BCUT2D eigenvalue weighted by atomic mass is 9.95. The molecule has 3 N–H and O–H groups in total. The highest BCUT2D eigenvalue weighted by atomic mass is 35.5. The second kappa shape index (κ2) is 6.62. The van der Waals surface area contributed by atoms with Crippen LogP contribution in [0, 0.1) is 0 Å². The Morgan fingerprint density at radius 3 is 2.41 bits per heavy atom. The maximum absolute atomic E-state index is 11.7. The van der Waals surface area contributed by atoms with E-state index in [1.54, 1.807) is 0 Å². The first-order chi connectivity index (χ1) is 8.02. The number of halogens is 1. The maximum atomic E-state index is 11.7. The molecule has 3 nitrogen and oxygen atoms in total. The predicted molar refractivity (Wildman–Crippen MR) is 71.1 cm³/mol. The average Bonchev–Trinajstić information content (AvgIpc) is 2.26. The van der Waals surface area contributed by atoms with Gasteiger partial charge in [0.05, 0.1) is 0 Å². The molecule has 1 aromatic carbocycles. The number of hydrogen-bond acceptors (Lipinski definition) is 2. The van der Waals surface area contributed by atoms with E-state index in [0.29, 0.717) is 18.0 Å². The van der Waals surface area contributed by atoms with Gasteiger partial charge in [0.1, 0.15) is 0 Å². The molecule has 0 aliphatic carbocycles. The fourth-order valence-electron chi connectivity index (χ4n) is 1.68. The van der Waals surface area contributed by atoms with Crippen molar-refractivity contribution in [1.29, 1.82) is 0 Å². The van der Waals surface area contributed by atoms with Crippen LogP contribution in [0.4, 0.5) is 0 Å². The Labute approximate surface area is 107 Å². The summed E-state index contributed by atoms with van der Waals surface area (Å²) in [5.74, 6) is 0.0800. The molecule has 0 bridgehead atoms. The summed E-state index contributed by atoms with van der Waals surface area (Å²) in [7, 11) is 0. The molecule has 0 heterocycles.